The molecule has 0 bridgehead atoms. The van der Waals surface area contributed by atoms with Crippen molar-refractivity contribution < 1.29 is 14.1 Å². The quantitative estimate of drug-likeness (QED) is 0.214. The van der Waals surface area contributed by atoms with E-state index >= 15 is 0 Å². The number of benzene rings is 3. The summed E-state index contributed by atoms with van der Waals surface area (Å²) in [7, 11) is 0. The number of nitro groups is 1. The first-order valence-electron chi connectivity index (χ1n) is 9.42. The van der Waals surface area contributed by atoms with E-state index in [0.29, 0.717) is 27.9 Å². The van der Waals surface area contributed by atoms with Crippen LogP contribution in [0, 0.1) is 10.1 Å². The molecule has 0 saturated heterocycles. The van der Waals surface area contributed by atoms with Gasteiger partial charge in [0.2, 0.25) is 0 Å². The maximum atomic E-state index is 12.1. The minimum Gasteiger partial charge on any atom is -0.457 e. The van der Waals surface area contributed by atoms with Crippen molar-refractivity contribution in [3.8, 4) is 22.6 Å². The number of rotatable bonds is 4. The molecule has 7 nitrogen and oxygen atoms in total. The van der Waals surface area contributed by atoms with Crippen molar-refractivity contribution in [2.45, 2.75) is 0 Å². The summed E-state index contributed by atoms with van der Waals surface area (Å²) in [5.41, 5.74) is 1.55. The fourth-order valence-electron chi connectivity index (χ4n) is 3.59. The first kappa shape index (κ1) is 18.5. The summed E-state index contributed by atoms with van der Waals surface area (Å²) >= 11 is 0. The fraction of sp³-hybridized carbons (Fsp3) is 0. The average Bonchev–Trinajstić information content (AvgIpc) is 2.79. The van der Waals surface area contributed by atoms with Crippen LogP contribution in [0.2, 0.25) is 0 Å². The lowest BCUT2D eigenvalue weighted by molar-refractivity contribution is -0.383. The van der Waals surface area contributed by atoms with Gasteiger partial charge in [-0.3, -0.25) is 15.1 Å². The SMILES string of the molecule is O=c1cc(-c2ccccc2)c2ccc(Oc3ccc([N+](=O)[O-])c4cnccc34)cc2o1. The normalized spacial score (nSPS) is 11.0. The molecular formula is C24H14N2O5. The van der Waals surface area contributed by atoms with Crippen LogP contribution < -0.4 is 10.4 Å². The summed E-state index contributed by atoms with van der Waals surface area (Å²) in [5.74, 6) is 0.872. The van der Waals surface area contributed by atoms with Crippen molar-refractivity contribution in [1.29, 1.82) is 0 Å². The Labute approximate surface area is 175 Å². The second-order valence-corrected chi connectivity index (χ2v) is 6.87. The maximum absolute atomic E-state index is 12.1. The molecule has 5 aromatic rings. The molecule has 2 heterocycles. The average molecular weight is 410 g/mol. The Balaban J connectivity index is 1.61. The number of non-ortho nitro benzene ring substituents is 1. The molecule has 0 unspecified atom stereocenters. The summed E-state index contributed by atoms with van der Waals surface area (Å²) < 4.78 is 11.4. The number of fused-ring (bicyclic) bond motifs is 2. The minimum atomic E-state index is -0.463. The molecule has 0 spiro atoms. The highest BCUT2D eigenvalue weighted by Crippen LogP contribution is 2.36. The molecule has 150 valence electrons. The molecule has 0 fully saturated rings. The topological polar surface area (TPSA) is 95.5 Å². The Morgan fingerprint density at radius 1 is 0.903 bits per heavy atom. The summed E-state index contributed by atoms with van der Waals surface area (Å²) in [6, 6.07) is 20.9. The number of pyridine rings is 1. The second kappa shape index (κ2) is 7.38. The molecule has 3 aromatic carbocycles. The highest BCUT2D eigenvalue weighted by Gasteiger charge is 2.16. The molecule has 0 aliphatic carbocycles. The van der Waals surface area contributed by atoms with Crippen LogP contribution in [-0.4, -0.2) is 9.91 Å². The Morgan fingerprint density at radius 2 is 1.74 bits per heavy atom. The van der Waals surface area contributed by atoms with Gasteiger partial charge in [0.05, 0.1) is 10.3 Å². The molecule has 0 N–H and O–H groups in total. The Hall–Kier alpha value is -4.52. The largest absolute Gasteiger partial charge is 0.457 e. The monoisotopic (exact) mass is 410 g/mol. The van der Waals surface area contributed by atoms with E-state index in [2.05, 4.69) is 4.98 Å². The van der Waals surface area contributed by atoms with Gasteiger partial charge >= 0.3 is 5.63 Å². The van der Waals surface area contributed by atoms with E-state index in [4.69, 9.17) is 9.15 Å². The molecule has 0 atom stereocenters. The van der Waals surface area contributed by atoms with Crippen LogP contribution in [0.25, 0.3) is 32.9 Å². The number of nitrogens with zero attached hydrogens (tertiary/aromatic N) is 2. The third-order valence-electron chi connectivity index (χ3n) is 4.98. The molecule has 0 saturated carbocycles. The van der Waals surface area contributed by atoms with Gasteiger partial charge in [0.1, 0.15) is 17.1 Å². The Morgan fingerprint density at radius 3 is 2.55 bits per heavy atom. The molecule has 0 radical (unpaired) electrons. The van der Waals surface area contributed by atoms with Crippen molar-refractivity contribution in [3.63, 3.8) is 0 Å². The number of nitro benzene ring substituents is 1. The van der Waals surface area contributed by atoms with E-state index in [1.54, 1.807) is 30.5 Å². The number of hydrogen-bond acceptors (Lipinski definition) is 6. The van der Waals surface area contributed by atoms with Crippen LogP contribution in [-0.2, 0) is 0 Å². The minimum absolute atomic E-state index is 0.0486. The zero-order valence-electron chi connectivity index (χ0n) is 16.0. The summed E-state index contributed by atoms with van der Waals surface area (Å²) in [4.78, 5) is 27.0. The molecule has 31 heavy (non-hydrogen) atoms. The predicted molar refractivity (Wildman–Crippen MR) is 116 cm³/mol. The molecule has 0 amide bonds. The van der Waals surface area contributed by atoms with E-state index in [0.717, 1.165) is 16.5 Å². The summed E-state index contributed by atoms with van der Waals surface area (Å²) in [6.07, 6.45) is 2.98. The van der Waals surface area contributed by atoms with Gasteiger partial charge in [-0.05, 0) is 35.4 Å². The highest BCUT2D eigenvalue weighted by atomic mass is 16.6. The van der Waals surface area contributed by atoms with Gasteiger partial charge in [0.25, 0.3) is 5.69 Å². The molecule has 0 aliphatic rings. The van der Waals surface area contributed by atoms with Crippen molar-refractivity contribution >= 4 is 27.4 Å². The zero-order chi connectivity index (χ0) is 21.4. The Kier molecular flexibility index (Phi) is 4.41. The first-order valence-corrected chi connectivity index (χ1v) is 9.42. The van der Waals surface area contributed by atoms with E-state index in [9.17, 15) is 14.9 Å². The van der Waals surface area contributed by atoms with Crippen LogP contribution in [0.3, 0.4) is 0 Å². The van der Waals surface area contributed by atoms with Gasteiger partial charge < -0.3 is 9.15 Å². The van der Waals surface area contributed by atoms with Gasteiger partial charge in [0.15, 0.2) is 0 Å². The van der Waals surface area contributed by atoms with Crippen LogP contribution >= 0.6 is 0 Å². The third kappa shape index (κ3) is 3.38. The van der Waals surface area contributed by atoms with E-state index in [1.165, 1.54) is 18.3 Å². The number of ether oxygens (including phenoxy) is 1. The van der Waals surface area contributed by atoms with Gasteiger partial charge in [-0.25, -0.2) is 4.79 Å². The highest BCUT2D eigenvalue weighted by molar-refractivity contribution is 5.96. The molecule has 2 aromatic heterocycles. The zero-order valence-corrected chi connectivity index (χ0v) is 16.0. The molecule has 0 aliphatic heterocycles. The standard InChI is InChI=1S/C24H14N2O5/c27-24-13-19(15-4-2-1-3-5-15)17-7-6-16(12-23(17)31-24)30-22-9-8-21(26(28)29)20-14-25-11-10-18(20)22/h1-14H. The van der Waals surface area contributed by atoms with Crippen LogP contribution in [0.5, 0.6) is 11.5 Å². The van der Waals surface area contributed by atoms with Crippen molar-refractivity contribution in [2.75, 3.05) is 0 Å². The van der Waals surface area contributed by atoms with Gasteiger partial charge in [-0.1, -0.05) is 30.3 Å². The second-order valence-electron chi connectivity index (χ2n) is 6.87. The smallest absolute Gasteiger partial charge is 0.336 e. The van der Waals surface area contributed by atoms with Crippen molar-refractivity contribution in [3.05, 3.63) is 106 Å². The van der Waals surface area contributed by atoms with Crippen LogP contribution in [0.4, 0.5) is 5.69 Å². The summed E-state index contributed by atoms with van der Waals surface area (Å²) in [5, 5.41) is 13.0. The van der Waals surface area contributed by atoms with E-state index < -0.39 is 10.5 Å². The summed E-state index contributed by atoms with van der Waals surface area (Å²) in [6.45, 7) is 0. The first-order chi connectivity index (χ1) is 15.1. The lowest BCUT2D eigenvalue weighted by Crippen LogP contribution is -1.98. The number of aromatic nitrogens is 1. The lowest BCUT2D eigenvalue weighted by Gasteiger charge is -2.11. The Bertz CT molecular complexity index is 1510. The van der Waals surface area contributed by atoms with E-state index in [1.807, 2.05) is 36.4 Å². The maximum Gasteiger partial charge on any atom is 0.336 e. The van der Waals surface area contributed by atoms with Crippen LogP contribution in [0.1, 0.15) is 0 Å². The van der Waals surface area contributed by atoms with Crippen LogP contribution in [0.15, 0.2) is 94.4 Å². The van der Waals surface area contributed by atoms with Gasteiger partial charge in [-0.15, -0.1) is 0 Å². The predicted octanol–water partition coefficient (Wildman–Crippen LogP) is 5.71. The number of hydrogen-bond donors (Lipinski definition) is 0. The van der Waals surface area contributed by atoms with E-state index in [-0.39, 0.29) is 5.69 Å². The fourth-order valence-corrected chi connectivity index (χ4v) is 3.59. The molecular weight excluding hydrogens is 396 g/mol. The third-order valence-corrected chi connectivity index (χ3v) is 4.98. The van der Waals surface area contributed by atoms with Crippen molar-refractivity contribution in [1.82, 2.24) is 4.98 Å². The van der Waals surface area contributed by atoms with Gasteiger partial charge in [-0.2, -0.15) is 0 Å². The lowest BCUT2D eigenvalue weighted by atomic mass is 10.0. The van der Waals surface area contributed by atoms with Crippen molar-refractivity contribution in [2.24, 2.45) is 0 Å². The molecule has 7 heteroatoms. The van der Waals surface area contributed by atoms with Gasteiger partial charge in [0, 0.05) is 41.4 Å². The molecule has 5 rings (SSSR count).